The Morgan fingerprint density at radius 2 is 2.32 bits per heavy atom. The van der Waals surface area contributed by atoms with Crippen molar-refractivity contribution < 1.29 is 4.79 Å². The summed E-state index contributed by atoms with van der Waals surface area (Å²) in [6.45, 7) is 0. The first-order chi connectivity index (χ1) is 12.2. The van der Waals surface area contributed by atoms with Crippen LogP contribution in [0, 0.1) is 5.92 Å². The van der Waals surface area contributed by atoms with Crippen LogP contribution in [-0.2, 0) is 4.79 Å². The Hall–Kier alpha value is -2.04. The van der Waals surface area contributed by atoms with Gasteiger partial charge in [0.25, 0.3) is 0 Å². The van der Waals surface area contributed by atoms with Crippen molar-refractivity contribution in [1.82, 2.24) is 24.7 Å². The SMILES string of the molecule is O=C(Nc1nc2[nH]nc(-n3cncc3-c3sccc3Br)c2s1)C1CC1. The van der Waals surface area contributed by atoms with Crippen LogP contribution in [0.1, 0.15) is 12.8 Å². The average molecular weight is 435 g/mol. The van der Waals surface area contributed by atoms with E-state index in [2.05, 4.69) is 41.4 Å². The minimum absolute atomic E-state index is 0.0525. The molecule has 1 aliphatic rings. The van der Waals surface area contributed by atoms with Gasteiger partial charge in [-0.1, -0.05) is 11.3 Å². The van der Waals surface area contributed by atoms with E-state index >= 15 is 0 Å². The lowest BCUT2D eigenvalue weighted by Gasteiger charge is -2.03. The van der Waals surface area contributed by atoms with Crippen molar-refractivity contribution in [2.24, 2.45) is 5.92 Å². The van der Waals surface area contributed by atoms with E-state index in [0.29, 0.717) is 10.8 Å². The number of imidazole rings is 1. The molecular weight excluding hydrogens is 424 g/mol. The Morgan fingerprint density at radius 1 is 1.44 bits per heavy atom. The minimum Gasteiger partial charge on any atom is -0.302 e. The second kappa shape index (κ2) is 5.75. The number of fused-ring (bicyclic) bond motifs is 1. The number of halogens is 1. The van der Waals surface area contributed by atoms with Crippen LogP contribution in [-0.4, -0.2) is 30.6 Å². The van der Waals surface area contributed by atoms with Crippen LogP contribution < -0.4 is 5.32 Å². The average Bonchev–Trinajstić information content (AvgIpc) is 2.90. The van der Waals surface area contributed by atoms with Crippen LogP contribution in [0.25, 0.3) is 26.7 Å². The van der Waals surface area contributed by atoms with Crippen LogP contribution >= 0.6 is 38.6 Å². The van der Waals surface area contributed by atoms with Gasteiger partial charge in [-0.25, -0.2) is 9.97 Å². The summed E-state index contributed by atoms with van der Waals surface area (Å²) in [7, 11) is 0. The van der Waals surface area contributed by atoms with Crippen LogP contribution in [0.15, 0.2) is 28.4 Å². The maximum atomic E-state index is 11.9. The number of carbonyl (C=O) groups excluding carboxylic acids is 1. The van der Waals surface area contributed by atoms with E-state index in [0.717, 1.165) is 38.4 Å². The Morgan fingerprint density at radius 3 is 3.08 bits per heavy atom. The molecule has 1 saturated carbocycles. The summed E-state index contributed by atoms with van der Waals surface area (Å²) in [6.07, 6.45) is 5.49. The summed E-state index contributed by atoms with van der Waals surface area (Å²) in [6, 6.07) is 2.01. The second-order valence-electron chi connectivity index (χ2n) is 5.75. The molecule has 0 atom stereocenters. The number of rotatable bonds is 4. The molecule has 4 aromatic heterocycles. The molecule has 0 radical (unpaired) electrons. The molecule has 4 heterocycles. The summed E-state index contributed by atoms with van der Waals surface area (Å²) in [4.78, 5) is 21.7. The quantitative estimate of drug-likeness (QED) is 0.506. The third-order valence-corrected chi connectivity index (χ3v) is 6.82. The molecule has 0 aromatic carbocycles. The zero-order chi connectivity index (χ0) is 17.0. The molecule has 10 heteroatoms. The fourth-order valence-electron chi connectivity index (χ4n) is 2.58. The first-order valence-corrected chi connectivity index (χ1v) is 10.1. The topological polar surface area (TPSA) is 88.5 Å². The number of aromatic nitrogens is 5. The van der Waals surface area contributed by atoms with Gasteiger partial charge in [-0.2, -0.15) is 5.10 Å². The molecule has 1 aliphatic carbocycles. The monoisotopic (exact) mass is 434 g/mol. The molecule has 0 bridgehead atoms. The highest BCUT2D eigenvalue weighted by atomic mass is 79.9. The van der Waals surface area contributed by atoms with Gasteiger partial charge in [-0.15, -0.1) is 11.3 Å². The van der Waals surface area contributed by atoms with Gasteiger partial charge in [-0.05, 0) is 40.2 Å². The number of amides is 1. The molecule has 126 valence electrons. The van der Waals surface area contributed by atoms with E-state index in [1.54, 1.807) is 17.7 Å². The predicted molar refractivity (Wildman–Crippen MR) is 101 cm³/mol. The van der Waals surface area contributed by atoms with Crippen molar-refractivity contribution in [3.63, 3.8) is 0 Å². The van der Waals surface area contributed by atoms with Crippen LogP contribution in [0.3, 0.4) is 0 Å². The van der Waals surface area contributed by atoms with Crippen LogP contribution in [0.2, 0.25) is 0 Å². The van der Waals surface area contributed by atoms with Crippen molar-refractivity contribution in [2.45, 2.75) is 12.8 Å². The molecule has 1 fully saturated rings. The summed E-state index contributed by atoms with van der Waals surface area (Å²) in [5.74, 6) is 0.931. The number of H-pyrrole nitrogens is 1. The lowest BCUT2D eigenvalue weighted by Crippen LogP contribution is -2.12. The number of nitrogens with zero attached hydrogens (tertiary/aromatic N) is 4. The molecule has 0 saturated heterocycles. The highest BCUT2D eigenvalue weighted by Gasteiger charge is 2.30. The lowest BCUT2D eigenvalue weighted by atomic mass is 10.3. The number of nitrogens with one attached hydrogen (secondary N) is 2. The molecule has 5 rings (SSSR count). The zero-order valence-corrected chi connectivity index (χ0v) is 15.9. The Balaban J connectivity index is 1.55. The van der Waals surface area contributed by atoms with Gasteiger partial charge in [0, 0.05) is 10.4 Å². The van der Waals surface area contributed by atoms with Gasteiger partial charge >= 0.3 is 0 Å². The van der Waals surface area contributed by atoms with Gasteiger partial charge in [0.15, 0.2) is 16.6 Å². The third-order valence-electron chi connectivity index (χ3n) is 3.99. The first kappa shape index (κ1) is 15.2. The molecule has 4 aromatic rings. The molecule has 7 nitrogen and oxygen atoms in total. The number of hydrogen-bond acceptors (Lipinski definition) is 6. The number of thiazole rings is 1. The molecule has 0 spiro atoms. The summed E-state index contributed by atoms with van der Waals surface area (Å²) in [5.41, 5.74) is 1.61. The van der Waals surface area contributed by atoms with Gasteiger partial charge < -0.3 is 5.32 Å². The largest absolute Gasteiger partial charge is 0.302 e. The molecular formula is C15H11BrN6OS2. The Labute approximate surface area is 158 Å². The number of hydrogen-bond donors (Lipinski definition) is 2. The summed E-state index contributed by atoms with van der Waals surface area (Å²) in [5, 5.41) is 12.8. The standard InChI is InChI=1S/C15H11BrN6OS2/c16-8-3-4-24-10(8)9-5-17-6-22(9)13-11-12(20-21-13)18-15(25-11)19-14(23)7-1-2-7/h3-7H,1-2H2,(H2,18,19,20,21,23). The van der Waals surface area contributed by atoms with Crippen molar-refractivity contribution in [3.05, 3.63) is 28.4 Å². The number of aromatic amines is 1. The van der Waals surface area contributed by atoms with Gasteiger partial charge in [0.2, 0.25) is 5.91 Å². The number of anilines is 1. The summed E-state index contributed by atoms with van der Waals surface area (Å²) < 4.78 is 3.84. The van der Waals surface area contributed by atoms with Gasteiger partial charge in [0.1, 0.15) is 11.0 Å². The van der Waals surface area contributed by atoms with Crippen molar-refractivity contribution in [1.29, 1.82) is 0 Å². The lowest BCUT2D eigenvalue weighted by molar-refractivity contribution is -0.117. The van der Waals surface area contributed by atoms with Crippen LogP contribution in [0.5, 0.6) is 0 Å². The predicted octanol–water partition coefficient (Wildman–Crippen LogP) is 4.04. The van der Waals surface area contributed by atoms with E-state index in [-0.39, 0.29) is 11.8 Å². The van der Waals surface area contributed by atoms with E-state index in [4.69, 9.17) is 0 Å². The maximum absolute atomic E-state index is 11.9. The molecule has 0 aliphatic heterocycles. The van der Waals surface area contributed by atoms with Crippen LogP contribution in [0.4, 0.5) is 5.13 Å². The van der Waals surface area contributed by atoms with E-state index in [1.165, 1.54) is 11.3 Å². The molecule has 2 N–H and O–H groups in total. The normalized spacial score (nSPS) is 14.3. The van der Waals surface area contributed by atoms with Gasteiger partial charge in [0.05, 0.1) is 16.8 Å². The highest BCUT2D eigenvalue weighted by Crippen LogP contribution is 2.37. The smallest absolute Gasteiger partial charge is 0.229 e. The Bertz CT molecular complexity index is 1090. The van der Waals surface area contributed by atoms with Gasteiger partial charge in [-0.3, -0.25) is 14.5 Å². The molecule has 1 amide bonds. The van der Waals surface area contributed by atoms with Crippen molar-refractivity contribution >= 4 is 60.0 Å². The highest BCUT2D eigenvalue weighted by molar-refractivity contribution is 9.10. The number of thiophene rings is 1. The van der Waals surface area contributed by atoms with Crippen molar-refractivity contribution in [2.75, 3.05) is 5.32 Å². The zero-order valence-electron chi connectivity index (χ0n) is 12.7. The summed E-state index contributed by atoms with van der Waals surface area (Å²) >= 11 is 6.62. The van der Waals surface area contributed by atoms with E-state index in [1.807, 2.05) is 22.2 Å². The Kier molecular flexibility index (Phi) is 3.50. The number of carbonyl (C=O) groups is 1. The van der Waals surface area contributed by atoms with E-state index < -0.39 is 0 Å². The maximum Gasteiger partial charge on any atom is 0.229 e. The fourth-order valence-corrected chi connectivity index (χ4v) is 5.07. The van der Waals surface area contributed by atoms with E-state index in [9.17, 15) is 4.79 Å². The first-order valence-electron chi connectivity index (χ1n) is 7.62. The second-order valence-corrected chi connectivity index (χ2v) is 8.52. The molecule has 25 heavy (non-hydrogen) atoms. The molecule has 0 unspecified atom stereocenters. The minimum atomic E-state index is 0.0525. The van der Waals surface area contributed by atoms with Crippen molar-refractivity contribution in [3.8, 4) is 16.4 Å². The fraction of sp³-hybridized carbons (Fsp3) is 0.200. The third kappa shape index (κ3) is 2.60.